The number of thiophene rings is 1. The van der Waals surface area contributed by atoms with Crippen LogP contribution in [0.2, 0.25) is 0 Å². The Hall–Kier alpha value is -2.42. The Labute approximate surface area is 159 Å². The average Bonchev–Trinajstić information content (AvgIpc) is 3.30. The van der Waals surface area contributed by atoms with Crippen molar-refractivity contribution >= 4 is 33.7 Å². The first-order valence-corrected chi connectivity index (χ1v) is 9.79. The van der Waals surface area contributed by atoms with E-state index in [9.17, 15) is 4.79 Å². The SMILES string of the molecule is Nc1nc(-c2cccs2)c(CCC(=O)NOCCOc2ccccc2)s1. The van der Waals surface area contributed by atoms with Crippen molar-refractivity contribution in [2.75, 3.05) is 18.9 Å². The summed E-state index contributed by atoms with van der Waals surface area (Å²) < 4.78 is 5.48. The van der Waals surface area contributed by atoms with E-state index in [0.717, 1.165) is 21.2 Å². The molecule has 2 aromatic heterocycles. The first kappa shape index (κ1) is 18.4. The fourth-order valence-electron chi connectivity index (χ4n) is 2.27. The lowest BCUT2D eigenvalue weighted by Crippen LogP contribution is -2.26. The molecule has 0 aliphatic heterocycles. The van der Waals surface area contributed by atoms with Crippen molar-refractivity contribution in [1.82, 2.24) is 10.5 Å². The van der Waals surface area contributed by atoms with Crippen LogP contribution in [0.25, 0.3) is 10.6 Å². The van der Waals surface area contributed by atoms with Crippen molar-refractivity contribution in [2.45, 2.75) is 12.8 Å². The van der Waals surface area contributed by atoms with Crippen LogP contribution in [0.5, 0.6) is 5.75 Å². The summed E-state index contributed by atoms with van der Waals surface area (Å²) in [6, 6.07) is 13.4. The summed E-state index contributed by atoms with van der Waals surface area (Å²) >= 11 is 3.02. The average molecular weight is 390 g/mol. The van der Waals surface area contributed by atoms with Gasteiger partial charge < -0.3 is 10.5 Å². The van der Waals surface area contributed by atoms with Crippen LogP contribution < -0.4 is 16.0 Å². The zero-order valence-electron chi connectivity index (χ0n) is 14.0. The number of hydrogen-bond donors (Lipinski definition) is 2. The van der Waals surface area contributed by atoms with Gasteiger partial charge in [-0.1, -0.05) is 24.3 Å². The van der Waals surface area contributed by atoms with Crippen LogP contribution in [0.1, 0.15) is 11.3 Å². The second-order valence-electron chi connectivity index (χ2n) is 5.34. The topological polar surface area (TPSA) is 86.5 Å². The number of ether oxygens (including phenoxy) is 1. The molecule has 0 saturated heterocycles. The molecule has 0 spiro atoms. The molecular weight excluding hydrogens is 370 g/mol. The summed E-state index contributed by atoms with van der Waals surface area (Å²) in [6.45, 7) is 0.632. The van der Waals surface area contributed by atoms with Gasteiger partial charge in [-0.25, -0.2) is 10.5 Å². The van der Waals surface area contributed by atoms with Gasteiger partial charge in [0.2, 0.25) is 5.91 Å². The number of hydrogen-bond acceptors (Lipinski definition) is 7. The molecule has 8 heteroatoms. The Balaban J connectivity index is 1.38. The second-order valence-corrected chi connectivity index (χ2v) is 7.40. The largest absolute Gasteiger partial charge is 0.491 e. The number of nitrogens with zero attached hydrogens (tertiary/aromatic N) is 1. The number of para-hydroxylation sites is 1. The Morgan fingerprint density at radius 1 is 1.15 bits per heavy atom. The van der Waals surface area contributed by atoms with Crippen molar-refractivity contribution < 1.29 is 14.4 Å². The molecule has 0 atom stereocenters. The lowest BCUT2D eigenvalue weighted by atomic mass is 10.2. The van der Waals surface area contributed by atoms with Gasteiger partial charge in [-0.15, -0.1) is 22.7 Å². The third-order valence-electron chi connectivity index (χ3n) is 3.43. The highest BCUT2D eigenvalue weighted by atomic mass is 32.1. The summed E-state index contributed by atoms with van der Waals surface area (Å²) in [5.41, 5.74) is 9.13. The summed E-state index contributed by atoms with van der Waals surface area (Å²) in [7, 11) is 0. The maximum absolute atomic E-state index is 11.9. The number of amides is 1. The molecule has 136 valence electrons. The van der Waals surface area contributed by atoms with Crippen molar-refractivity contribution in [3.8, 4) is 16.3 Å². The second kappa shape index (κ2) is 9.33. The Bertz CT molecular complexity index is 820. The highest BCUT2D eigenvalue weighted by Gasteiger charge is 2.14. The summed E-state index contributed by atoms with van der Waals surface area (Å²) in [6.07, 6.45) is 0.872. The van der Waals surface area contributed by atoms with E-state index in [1.54, 1.807) is 11.3 Å². The summed E-state index contributed by atoms with van der Waals surface area (Å²) in [5, 5.41) is 2.50. The zero-order chi connectivity index (χ0) is 18.2. The van der Waals surface area contributed by atoms with Gasteiger partial charge in [0, 0.05) is 11.3 Å². The third kappa shape index (κ3) is 5.29. The van der Waals surface area contributed by atoms with E-state index < -0.39 is 0 Å². The van der Waals surface area contributed by atoms with Gasteiger partial charge in [-0.05, 0) is 30.0 Å². The predicted octanol–water partition coefficient (Wildman–Crippen LogP) is 3.51. The number of nitrogens with one attached hydrogen (secondary N) is 1. The number of benzene rings is 1. The molecule has 3 aromatic rings. The molecule has 3 N–H and O–H groups in total. The molecule has 1 aromatic carbocycles. The summed E-state index contributed by atoms with van der Waals surface area (Å²) in [4.78, 5) is 23.5. The first-order valence-electron chi connectivity index (χ1n) is 8.10. The minimum atomic E-state index is -0.186. The molecule has 0 aliphatic rings. The van der Waals surface area contributed by atoms with Gasteiger partial charge in [0.1, 0.15) is 19.0 Å². The Morgan fingerprint density at radius 3 is 2.77 bits per heavy atom. The molecule has 3 rings (SSSR count). The number of aromatic nitrogens is 1. The lowest BCUT2D eigenvalue weighted by Gasteiger charge is -2.07. The maximum atomic E-state index is 11.9. The Kier molecular flexibility index (Phi) is 6.59. The third-order valence-corrected chi connectivity index (χ3v) is 5.25. The molecule has 0 fully saturated rings. The van der Waals surface area contributed by atoms with Gasteiger partial charge in [0.05, 0.1) is 10.6 Å². The van der Waals surface area contributed by atoms with Crippen molar-refractivity contribution in [2.24, 2.45) is 0 Å². The van der Waals surface area contributed by atoms with E-state index in [1.807, 2.05) is 47.8 Å². The molecule has 0 radical (unpaired) electrons. The Morgan fingerprint density at radius 2 is 2.00 bits per heavy atom. The van der Waals surface area contributed by atoms with Crippen LogP contribution in [0.3, 0.4) is 0 Å². The highest BCUT2D eigenvalue weighted by molar-refractivity contribution is 7.17. The normalized spacial score (nSPS) is 10.6. The predicted molar refractivity (Wildman–Crippen MR) is 104 cm³/mol. The molecule has 0 saturated carbocycles. The number of aryl methyl sites for hydroxylation is 1. The molecule has 0 unspecified atom stereocenters. The molecule has 1 amide bonds. The molecule has 6 nitrogen and oxygen atoms in total. The number of anilines is 1. The van der Waals surface area contributed by atoms with E-state index in [2.05, 4.69) is 10.5 Å². The van der Waals surface area contributed by atoms with E-state index in [1.165, 1.54) is 11.3 Å². The quantitative estimate of drug-likeness (QED) is 0.432. The van der Waals surface area contributed by atoms with E-state index in [4.69, 9.17) is 15.3 Å². The van der Waals surface area contributed by atoms with Crippen LogP contribution in [0.4, 0.5) is 5.13 Å². The van der Waals surface area contributed by atoms with Gasteiger partial charge >= 0.3 is 0 Å². The molecule has 0 bridgehead atoms. The van der Waals surface area contributed by atoms with Crippen LogP contribution in [0, 0.1) is 0 Å². The fourth-order valence-corrected chi connectivity index (χ4v) is 3.92. The highest BCUT2D eigenvalue weighted by Crippen LogP contribution is 2.33. The summed E-state index contributed by atoms with van der Waals surface area (Å²) in [5.74, 6) is 0.583. The number of nitrogen functional groups attached to an aromatic ring is 1. The lowest BCUT2D eigenvalue weighted by molar-refractivity contribution is -0.134. The molecule has 2 heterocycles. The molecule has 26 heavy (non-hydrogen) atoms. The fraction of sp³-hybridized carbons (Fsp3) is 0.222. The van der Waals surface area contributed by atoms with E-state index in [0.29, 0.717) is 24.6 Å². The molecule has 0 aliphatic carbocycles. The van der Waals surface area contributed by atoms with Crippen LogP contribution in [-0.2, 0) is 16.1 Å². The van der Waals surface area contributed by atoms with Crippen molar-refractivity contribution in [1.29, 1.82) is 0 Å². The monoisotopic (exact) mass is 389 g/mol. The number of carbonyl (C=O) groups is 1. The van der Waals surface area contributed by atoms with E-state index >= 15 is 0 Å². The van der Waals surface area contributed by atoms with Gasteiger partial charge in [0.15, 0.2) is 5.13 Å². The standard InChI is InChI=1S/C18H19N3O3S2/c19-18-20-17(14-7-4-12-25-14)15(26-18)8-9-16(22)21-24-11-10-23-13-5-2-1-3-6-13/h1-7,12H,8-11H2,(H2,19,20)(H,21,22). The minimum absolute atomic E-state index is 0.186. The van der Waals surface area contributed by atoms with Gasteiger partial charge in [-0.3, -0.25) is 9.63 Å². The number of thiazole rings is 1. The number of hydroxylamine groups is 1. The van der Waals surface area contributed by atoms with Crippen LogP contribution >= 0.6 is 22.7 Å². The number of carbonyl (C=O) groups excluding carboxylic acids is 1. The van der Waals surface area contributed by atoms with Crippen LogP contribution in [0.15, 0.2) is 47.8 Å². The minimum Gasteiger partial charge on any atom is -0.491 e. The smallest absolute Gasteiger partial charge is 0.243 e. The van der Waals surface area contributed by atoms with Crippen LogP contribution in [-0.4, -0.2) is 24.1 Å². The maximum Gasteiger partial charge on any atom is 0.243 e. The zero-order valence-corrected chi connectivity index (χ0v) is 15.6. The number of rotatable bonds is 9. The van der Waals surface area contributed by atoms with Crippen molar-refractivity contribution in [3.05, 3.63) is 52.7 Å². The van der Waals surface area contributed by atoms with Gasteiger partial charge in [-0.2, -0.15) is 0 Å². The van der Waals surface area contributed by atoms with E-state index in [-0.39, 0.29) is 12.5 Å². The number of nitrogens with two attached hydrogens (primary N) is 1. The first-order chi connectivity index (χ1) is 12.7. The van der Waals surface area contributed by atoms with Crippen molar-refractivity contribution in [3.63, 3.8) is 0 Å². The molecular formula is C18H19N3O3S2. The van der Waals surface area contributed by atoms with Gasteiger partial charge in [0.25, 0.3) is 0 Å².